The fraction of sp³-hybridized carbons (Fsp3) is 0.0556. The van der Waals surface area contributed by atoms with Crippen LogP contribution in [0.15, 0.2) is 58.5 Å². The number of thioether (sulfide) groups is 1. The van der Waals surface area contributed by atoms with Crippen molar-refractivity contribution < 1.29 is 4.79 Å². The molecule has 0 aliphatic carbocycles. The Morgan fingerprint density at radius 3 is 2.90 bits per heavy atom. The number of nitrogens with one attached hydrogen (secondary N) is 1. The number of hydrogen-bond donors (Lipinski definition) is 1. The zero-order chi connectivity index (χ0) is 14.4. The first kappa shape index (κ1) is 12.5. The van der Waals surface area contributed by atoms with Gasteiger partial charge in [0, 0.05) is 33.1 Å². The highest BCUT2D eigenvalue weighted by atomic mass is 32.2. The number of carbonyl (C=O) groups is 1. The van der Waals surface area contributed by atoms with Gasteiger partial charge >= 0.3 is 0 Å². The Labute approximate surface area is 126 Å². The molecule has 0 spiro atoms. The van der Waals surface area contributed by atoms with E-state index in [4.69, 9.17) is 0 Å². The monoisotopic (exact) mass is 291 g/mol. The van der Waals surface area contributed by atoms with E-state index in [0.717, 1.165) is 37.4 Å². The minimum Gasteiger partial charge on any atom is -0.361 e. The van der Waals surface area contributed by atoms with E-state index in [1.54, 1.807) is 11.8 Å². The van der Waals surface area contributed by atoms with Gasteiger partial charge in [-0.2, -0.15) is 0 Å². The van der Waals surface area contributed by atoms with Crippen molar-refractivity contribution in [1.82, 2.24) is 4.98 Å². The van der Waals surface area contributed by atoms with Gasteiger partial charge in [0.25, 0.3) is 0 Å². The first-order chi connectivity index (χ1) is 10.2. The van der Waals surface area contributed by atoms with Crippen molar-refractivity contribution in [3.05, 3.63) is 70.3 Å². The third kappa shape index (κ3) is 2.01. The second-order valence-electron chi connectivity index (χ2n) is 5.23. The lowest BCUT2D eigenvalue weighted by Crippen LogP contribution is -1.94. The average molecular weight is 291 g/mol. The zero-order valence-corrected chi connectivity index (χ0v) is 12.3. The number of rotatable bonds is 1. The van der Waals surface area contributed by atoms with Crippen LogP contribution in [0.3, 0.4) is 0 Å². The molecule has 0 radical (unpaired) electrons. The fourth-order valence-electron chi connectivity index (χ4n) is 2.66. The minimum atomic E-state index is 0.129. The molecule has 2 nitrogen and oxygen atoms in total. The molecule has 1 aliphatic heterocycles. The second kappa shape index (κ2) is 4.64. The van der Waals surface area contributed by atoms with Crippen molar-refractivity contribution in [2.45, 2.75) is 11.8 Å². The van der Waals surface area contributed by atoms with Gasteiger partial charge in [-0.05, 0) is 31.2 Å². The molecule has 4 rings (SSSR count). The topological polar surface area (TPSA) is 32.9 Å². The first-order valence-corrected chi connectivity index (χ1v) is 7.65. The molecule has 21 heavy (non-hydrogen) atoms. The Kier molecular flexibility index (Phi) is 2.76. The highest BCUT2D eigenvalue weighted by molar-refractivity contribution is 8.04. The summed E-state index contributed by atoms with van der Waals surface area (Å²) in [7, 11) is 0. The van der Waals surface area contributed by atoms with E-state index in [9.17, 15) is 4.79 Å². The summed E-state index contributed by atoms with van der Waals surface area (Å²) in [6, 6.07) is 14.2. The van der Waals surface area contributed by atoms with Crippen molar-refractivity contribution in [2.24, 2.45) is 0 Å². The van der Waals surface area contributed by atoms with Crippen LogP contribution in [-0.4, -0.2) is 10.8 Å². The third-order valence-corrected chi connectivity index (χ3v) is 4.83. The van der Waals surface area contributed by atoms with Gasteiger partial charge in [0.15, 0.2) is 0 Å². The molecule has 1 N–H and O–H groups in total. The molecule has 0 amide bonds. The van der Waals surface area contributed by atoms with Crippen molar-refractivity contribution in [3.8, 4) is 0 Å². The van der Waals surface area contributed by atoms with Gasteiger partial charge in [-0.1, -0.05) is 41.6 Å². The molecule has 2 aromatic carbocycles. The highest BCUT2D eigenvalue weighted by Gasteiger charge is 2.25. The number of carbonyl (C=O) groups excluding carboxylic acids is 1. The number of para-hydroxylation sites is 1. The quantitative estimate of drug-likeness (QED) is 0.653. The SMILES string of the molecule is Cc1ccc2c(c1)C(=O)/C(=C/c1c[nH]c3ccccc13)S2. The molecule has 0 fully saturated rings. The maximum atomic E-state index is 12.5. The standard InChI is InChI=1S/C18H13NOS/c1-11-6-7-16-14(8-11)18(20)17(21-16)9-12-10-19-15-5-3-2-4-13(12)15/h2-10,19H,1H3/b17-9-. The number of H-pyrrole nitrogens is 1. The van der Waals surface area contributed by atoms with Gasteiger partial charge in [-0.3, -0.25) is 4.79 Å². The van der Waals surface area contributed by atoms with E-state index in [0.29, 0.717) is 0 Å². The van der Waals surface area contributed by atoms with Crippen LogP contribution >= 0.6 is 11.8 Å². The number of ketones is 1. The molecule has 0 atom stereocenters. The Morgan fingerprint density at radius 1 is 1.14 bits per heavy atom. The van der Waals surface area contributed by atoms with Crippen molar-refractivity contribution in [1.29, 1.82) is 0 Å². The molecule has 3 heteroatoms. The summed E-state index contributed by atoms with van der Waals surface area (Å²) >= 11 is 1.56. The largest absolute Gasteiger partial charge is 0.361 e. The normalized spacial score (nSPS) is 15.9. The lowest BCUT2D eigenvalue weighted by atomic mass is 10.1. The summed E-state index contributed by atoms with van der Waals surface area (Å²) in [6.07, 6.45) is 3.95. The number of fused-ring (bicyclic) bond motifs is 2. The smallest absolute Gasteiger partial charge is 0.200 e. The molecule has 0 unspecified atom stereocenters. The number of aryl methyl sites for hydroxylation is 1. The Balaban J connectivity index is 1.80. The van der Waals surface area contributed by atoms with Gasteiger partial charge in [-0.15, -0.1) is 0 Å². The van der Waals surface area contributed by atoms with Crippen LogP contribution < -0.4 is 0 Å². The van der Waals surface area contributed by atoms with Crippen LogP contribution in [0.5, 0.6) is 0 Å². The highest BCUT2D eigenvalue weighted by Crippen LogP contribution is 2.41. The third-order valence-electron chi connectivity index (χ3n) is 3.73. The van der Waals surface area contributed by atoms with Crippen LogP contribution in [-0.2, 0) is 0 Å². The molecule has 1 aliphatic rings. The van der Waals surface area contributed by atoms with Gasteiger partial charge in [0.2, 0.25) is 5.78 Å². The Morgan fingerprint density at radius 2 is 2.00 bits per heavy atom. The minimum absolute atomic E-state index is 0.129. The number of benzene rings is 2. The van der Waals surface area contributed by atoms with E-state index in [2.05, 4.69) is 11.1 Å². The predicted octanol–water partition coefficient (Wildman–Crippen LogP) is 4.81. The van der Waals surface area contributed by atoms with Crippen LogP contribution in [0.2, 0.25) is 0 Å². The van der Waals surface area contributed by atoms with Gasteiger partial charge in [-0.25, -0.2) is 0 Å². The van der Waals surface area contributed by atoms with Crippen molar-refractivity contribution >= 4 is 34.5 Å². The van der Waals surface area contributed by atoms with E-state index in [1.807, 2.05) is 55.6 Å². The van der Waals surface area contributed by atoms with E-state index >= 15 is 0 Å². The maximum absolute atomic E-state index is 12.5. The molecule has 0 saturated carbocycles. The van der Waals surface area contributed by atoms with Crippen LogP contribution in [0, 0.1) is 6.92 Å². The molecule has 1 aromatic heterocycles. The van der Waals surface area contributed by atoms with Crippen molar-refractivity contribution in [2.75, 3.05) is 0 Å². The number of Topliss-reactive ketones (excluding diaryl/α,β-unsaturated/α-hetero) is 1. The Bertz CT molecular complexity index is 904. The molecular formula is C18H13NOS. The Hall–Kier alpha value is -2.26. The molecule has 102 valence electrons. The summed E-state index contributed by atoms with van der Waals surface area (Å²) in [5.41, 5.74) is 4.10. The number of aromatic amines is 1. The van der Waals surface area contributed by atoms with Gasteiger partial charge in [0.05, 0.1) is 4.91 Å². The fourth-order valence-corrected chi connectivity index (χ4v) is 3.68. The lowest BCUT2D eigenvalue weighted by molar-refractivity contribution is 0.104. The number of hydrogen-bond acceptors (Lipinski definition) is 2. The van der Waals surface area contributed by atoms with Gasteiger partial charge in [0.1, 0.15) is 0 Å². The maximum Gasteiger partial charge on any atom is 0.200 e. The van der Waals surface area contributed by atoms with E-state index in [-0.39, 0.29) is 5.78 Å². The summed E-state index contributed by atoms with van der Waals surface area (Å²) in [5, 5.41) is 1.14. The van der Waals surface area contributed by atoms with E-state index in [1.165, 1.54) is 0 Å². The van der Waals surface area contributed by atoms with E-state index < -0.39 is 0 Å². The van der Waals surface area contributed by atoms with Crippen LogP contribution in [0.1, 0.15) is 21.5 Å². The van der Waals surface area contributed by atoms with Crippen molar-refractivity contribution in [3.63, 3.8) is 0 Å². The molecule has 0 saturated heterocycles. The molecule has 3 aromatic rings. The summed E-state index contributed by atoms with van der Waals surface area (Å²) < 4.78 is 0. The first-order valence-electron chi connectivity index (χ1n) is 6.83. The van der Waals surface area contributed by atoms with Gasteiger partial charge < -0.3 is 4.98 Å². The molecule has 2 heterocycles. The van der Waals surface area contributed by atoms with Crippen LogP contribution in [0.25, 0.3) is 17.0 Å². The second-order valence-corrected chi connectivity index (χ2v) is 6.31. The summed E-state index contributed by atoms with van der Waals surface area (Å²) in [5.74, 6) is 0.129. The summed E-state index contributed by atoms with van der Waals surface area (Å²) in [4.78, 5) is 17.6. The van der Waals surface area contributed by atoms with Crippen LogP contribution in [0.4, 0.5) is 0 Å². The lowest BCUT2D eigenvalue weighted by Gasteiger charge is -1.95. The molecule has 0 bridgehead atoms. The predicted molar refractivity (Wildman–Crippen MR) is 87.6 cm³/mol. The number of aromatic nitrogens is 1. The number of allylic oxidation sites excluding steroid dienone is 1. The average Bonchev–Trinajstić information content (AvgIpc) is 3.03. The zero-order valence-electron chi connectivity index (χ0n) is 11.5. The summed E-state index contributed by atoms with van der Waals surface area (Å²) in [6.45, 7) is 2.01. The molecular weight excluding hydrogens is 278 g/mol.